The Hall–Kier alpha value is -1.54. The van der Waals surface area contributed by atoms with Gasteiger partial charge >= 0.3 is 0 Å². The number of carbonyl (C=O) groups is 1. The molecule has 0 atom stereocenters. The molecule has 8 heteroatoms. The van der Waals surface area contributed by atoms with Crippen LogP contribution < -0.4 is 5.32 Å². The van der Waals surface area contributed by atoms with Crippen molar-refractivity contribution in [1.29, 1.82) is 0 Å². The van der Waals surface area contributed by atoms with E-state index in [0.29, 0.717) is 18.8 Å². The third-order valence-electron chi connectivity index (χ3n) is 4.20. The molecule has 0 spiro atoms. The van der Waals surface area contributed by atoms with Crippen LogP contribution in [0.3, 0.4) is 0 Å². The Labute approximate surface area is 162 Å². The average Bonchev–Trinajstić information content (AvgIpc) is 3.17. The van der Waals surface area contributed by atoms with Crippen LogP contribution in [-0.4, -0.2) is 38.0 Å². The van der Waals surface area contributed by atoms with E-state index in [0.717, 1.165) is 17.7 Å². The van der Waals surface area contributed by atoms with Crippen molar-refractivity contribution >= 4 is 45.0 Å². The summed E-state index contributed by atoms with van der Waals surface area (Å²) >= 11 is 7.70. The molecule has 0 aliphatic carbocycles. The fraction of sp³-hybridized carbons (Fsp3) is 0.278. The molecule has 0 radical (unpaired) electrons. The second kappa shape index (κ2) is 8.00. The molecule has 1 aliphatic rings. The molecule has 5 nitrogen and oxygen atoms in total. The van der Waals surface area contributed by atoms with E-state index in [9.17, 15) is 13.2 Å². The number of amides is 1. The first kappa shape index (κ1) is 19.2. The quantitative estimate of drug-likeness (QED) is 0.753. The Kier molecular flexibility index (Phi) is 5.92. The normalized spacial score (nSPS) is 15.2. The molecule has 0 aromatic heterocycles. The van der Waals surface area contributed by atoms with Crippen molar-refractivity contribution in [1.82, 2.24) is 4.31 Å². The summed E-state index contributed by atoms with van der Waals surface area (Å²) in [7, 11) is -3.69. The maximum atomic E-state index is 12.8. The molecule has 0 saturated carbocycles. The highest BCUT2D eigenvalue weighted by atomic mass is 35.5. The first-order valence-electron chi connectivity index (χ1n) is 8.17. The molecule has 3 rings (SSSR count). The van der Waals surface area contributed by atoms with Crippen molar-refractivity contribution in [2.45, 2.75) is 22.6 Å². The van der Waals surface area contributed by atoms with E-state index in [4.69, 9.17) is 11.6 Å². The van der Waals surface area contributed by atoms with E-state index in [-0.39, 0.29) is 21.4 Å². The summed E-state index contributed by atoms with van der Waals surface area (Å²) in [5.74, 6) is -0.377. The number of anilines is 1. The lowest BCUT2D eigenvalue weighted by molar-refractivity contribution is 0.102. The van der Waals surface area contributed by atoms with Gasteiger partial charge in [0.15, 0.2) is 0 Å². The van der Waals surface area contributed by atoms with E-state index in [1.54, 1.807) is 17.8 Å². The van der Waals surface area contributed by atoms with Gasteiger partial charge in [0.25, 0.3) is 5.91 Å². The topological polar surface area (TPSA) is 66.5 Å². The summed E-state index contributed by atoms with van der Waals surface area (Å²) in [5.41, 5.74) is 0.905. The zero-order chi connectivity index (χ0) is 18.7. The number of benzene rings is 2. The summed E-state index contributed by atoms with van der Waals surface area (Å²) in [6, 6.07) is 11.8. The summed E-state index contributed by atoms with van der Waals surface area (Å²) in [4.78, 5) is 13.6. The average molecular weight is 411 g/mol. The van der Waals surface area contributed by atoms with Crippen LogP contribution in [-0.2, 0) is 10.0 Å². The Balaban J connectivity index is 1.88. The van der Waals surface area contributed by atoms with E-state index >= 15 is 0 Å². The lowest BCUT2D eigenvalue weighted by Gasteiger charge is -2.17. The molecule has 1 saturated heterocycles. The van der Waals surface area contributed by atoms with Crippen molar-refractivity contribution < 1.29 is 13.2 Å². The SMILES string of the molecule is CSc1cccc(NC(=O)c2ccc(Cl)c(S(=O)(=O)N3CCCC3)c2)c1. The molecule has 1 N–H and O–H groups in total. The third kappa shape index (κ3) is 4.06. The number of hydrogen-bond acceptors (Lipinski definition) is 4. The summed E-state index contributed by atoms with van der Waals surface area (Å²) < 4.78 is 27.0. The highest BCUT2D eigenvalue weighted by molar-refractivity contribution is 7.98. The first-order valence-corrected chi connectivity index (χ1v) is 11.2. The standard InChI is InChI=1S/C18H19ClN2O3S2/c1-25-15-6-4-5-14(12-15)20-18(22)13-7-8-16(19)17(11-13)26(23,24)21-9-2-3-10-21/h4-8,11-12H,2-3,9-10H2,1H3,(H,20,22). The van der Waals surface area contributed by atoms with Gasteiger partial charge in [0.1, 0.15) is 4.90 Å². The van der Waals surface area contributed by atoms with Gasteiger partial charge in [-0.25, -0.2) is 8.42 Å². The Bertz CT molecular complexity index is 926. The molecule has 1 aliphatic heterocycles. The smallest absolute Gasteiger partial charge is 0.255 e. The molecule has 2 aromatic rings. The van der Waals surface area contributed by atoms with Crippen LogP contribution in [0.1, 0.15) is 23.2 Å². The van der Waals surface area contributed by atoms with Crippen molar-refractivity contribution in [2.75, 3.05) is 24.7 Å². The predicted molar refractivity (Wildman–Crippen MR) is 106 cm³/mol. The van der Waals surface area contributed by atoms with Gasteiger partial charge in [-0.3, -0.25) is 4.79 Å². The van der Waals surface area contributed by atoms with Gasteiger partial charge in [-0.1, -0.05) is 17.7 Å². The van der Waals surface area contributed by atoms with E-state index < -0.39 is 10.0 Å². The molecular formula is C18H19ClN2O3S2. The molecule has 1 amide bonds. The number of nitrogens with zero attached hydrogens (tertiary/aromatic N) is 1. The maximum absolute atomic E-state index is 12.8. The summed E-state index contributed by atoms with van der Waals surface area (Å²) in [5, 5.41) is 2.92. The van der Waals surface area contributed by atoms with Crippen molar-refractivity contribution in [3.8, 4) is 0 Å². The van der Waals surface area contributed by atoms with Crippen LogP contribution in [0.15, 0.2) is 52.3 Å². The minimum Gasteiger partial charge on any atom is -0.322 e. The number of thioether (sulfide) groups is 1. The number of halogens is 1. The molecular weight excluding hydrogens is 392 g/mol. The number of nitrogens with one attached hydrogen (secondary N) is 1. The Morgan fingerprint density at radius 2 is 1.88 bits per heavy atom. The van der Waals surface area contributed by atoms with Gasteiger partial charge in [-0.2, -0.15) is 4.31 Å². The lowest BCUT2D eigenvalue weighted by Crippen LogP contribution is -2.28. The highest BCUT2D eigenvalue weighted by Crippen LogP contribution is 2.28. The summed E-state index contributed by atoms with van der Waals surface area (Å²) in [6.45, 7) is 0.965. The third-order valence-corrected chi connectivity index (χ3v) is 7.31. The van der Waals surface area contributed by atoms with Crippen LogP contribution in [0, 0.1) is 0 Å². The van der Waals surface area contributed by atoms with Crippen LogP contribution in [0.4, 0.5) is 5.69 Å². The Morgan fingerprint density at radius 3 is 2.58 bits per heavy atom. The van der Waals surface area contributed by atoms with Crippen molar-refractivity contribution in [2.24, 2.45) is 0 Å². The monoisotopic (exact) mass is 410 g/mol. The molecule has 0 bridgehead atoms. The Morgan fingerprint density at radius 1 is 1.15 bits per heavy atom. The second-order valence-corrected chi connectivity index (χ2v) is 9.14. The number of sulfonamides is 1. The largest absolute Gasteiger partial charge is 0.322 e. The van der Waals surface area contributed by atoms with Gasteiger partial charge in [0.2, 0.25) is 10.0 Å². The van der Waals surface area contributed by atoms with Gasteiger partial charge in [0.05, 0.1) is 5.02 Å². The predicted octanol–water partition coefficient (Wildman–Crippen LogP) is 4.10. The molecule has 2 aromatic carbocycles. The van der Waals surface area contributed by atoms with Gasteiger partial charge in [-0.05, 0) is 55.5 Å². The number of carbonyl (C=O) groups excluding carboxylic acids is 1. The van der Waals surface area contributed by atoms with Crippen LogP contribution >= 0.6 is 23.4 Å². The van der Waals surface area contributed by atoms with Crippen molar-refractivity contribution in [3.05, 3.63) is 53.1 Å². The number of rotatable bonds is 5. The minimum atomic E-state index is -3.69. The fourth-order valence-corrected chi connectivity index (χ4v) is 5.29. The van der Waals surface area contributed by atoms with Crippen molar-refractivity contribution in [3.63, 3.8) is 0 Å². The van der Waals surface area contributed by atoms with Crippen LogP contribution in [0.5, 0.6) is 0 Å². The van der Waals surface area contributed by atoms with Crippen LogP contribution in [0.25, 0.3) is 0 Å². The first-order chi connectivity index (χ1) is 12.4. The van der Waals surface area contributed by atoms with E-state index in [2.05, 4.69) is 5.32 Å². The zero-order valence-electron chi connectivity index (χ0n) is 14.2. The second-order valence-electron chi connectivity index (χ2n) is 5.94. The van der Waals surface area contributed by atoms with Gasteiger partial charge in [-0.15, -0.1) is 11.8 Å². The molecule has 1 fully saturated rings. The van der Waals surface area contributed by atoms with Gasteiger partial charge < -0.3 is 5.32 Å². The fourth-order valence-electron chi connectivity index (χ4n) is 2.81. The molecule has 0 unspecified atom stereocenters. The molecule has 1 heterocycles. The summed E-state index contributed by atoms with van der Waals surface area (Å²) in [6.07, 6.45) is 3.63. The van der Waals surface area contributed by atoms with Crippen LogP contribution in [0.2, 0.25) is 5.02 Å². The zero-order valence-corrected chi connectivity index (χ0v) is 16.6. The lowest BCUT2D eigenvalue weighted by atomic mass is 10.2. The maximum Gasteiger partial charge on any atom is 0.255 e. The molecule has 138 valence electrons. The van der Waals surface area contributed by atoms with E-state index in [1.807, 2.05) is 24.5 Å². The number of hydrogen-bond donors (Lipinski definition) is 1. The molecule has 26 heavy (non-hydrogen) atoms. The van der Waals surface area contributed by atoms with E-state index in [1.165, 1.54) is 22.5 Å². The van der Waals surface area contributed by atoms with Gasteiger partial charge in [0, 0.05) is 29.2 Å². The minimum absolute atomic E-state index is 0.0217. The highest BCUT2D eigenvalue weighted by Gasteiger charge is 2.29.